The maximum Gasteiger partial charge on any atom is 0.197 e. The predicted octanol–water partition coefficient (Wildman–Crippen LogP) is 0.152. The van der Waals surface area contributed by atoms with Crippen LogP contribution in [0.3, 0.4) is 0 Å². The lowest BCUT2D eigenvalue weighted by atomic mass is 10.3. The second kappa shape index (κ2) is 2.82. The van der Waals surface area contributed by atoms with E-state index in [1.54, 1.807) is 0 Å². The number of ether oxygens (including phenoxy) is 1. The number of hydrogen-bond donors (Lipinski definition) is 1. The highest BCUT2D eigenvalue weighted by molar-refractivity contribution is 5.79. The van der Waals surface area contributed by atoms with E-state index >= 15 is 0 Å². The van der Waals surface area contributed by atoms with Crippen LogP contribution in [0.5, 0.6) is 0 Å². The fourth-order valence-electron chi connectivity index (χ4n) is 0.791. The monoisotopic (exact) mass is 128 g/mol. The van der Waals surface area contributed by atoms with Crippen LogP contribution in [0.1, 0.15) is 13.3 Å². The molecule has 0 radical (unpaired) electrons. The first-order chi connectivity index (χ1) is 4.36. The van der Waals surface area contributed by atoms with Gasteiger partial charge in [-0.1, -0.05) is 6.92 Å². The van der Waals surface area contributed by atoms with Crippen LogP contribution in [0.25, 0.3) is 0 Å². The Labute approximate surface area is 54.9 Å². The van der Waals surface area contributed by atoms with Crippen molar-refractivity contribution in [2.24, 2.45) is 10.7 Å². The second-order valence-corrected chi connectivity index (χ2v) is 2.10. The van der Waals surface area contributed by atoms with Crippen LogP contribution in [0.15, 0.2) is 4.99 Å². The molecule has 0 aliphatic carbocycles. The van der Waals surface area contributed by atoms with Gasteiger partial charge in [0.05, 0.1) is 12.6 Å². The number of nitrogens with two attached hydrogens (primary N) is 1. The molecule has 0 aromatic rings. The van der Waals surface area contributed by atoms with Gasteiger partial charge in [0.25, 0.3) is 0 Å². The molecule has 0 aromatic carbocycles. The third-order valence-corrected chi connectivity index (χ3v) is 1.41. The highest BCUT2D eigenvalue weighted by atomic mass is 16.5. The summed E-state index contributed by atoms with van der Waals surface area (Å²) in [5.41, 5.74) is 5.29. The lowest BCUT2D eigenvalue weighted by molar-refractivity contribution is 0.310. The molecule has 0 amide bonds. The largest absolute Gasteiger partial charge is 0.478 e. The smallest absolute Gasteiger partial charge is 0.197 e. The van der Waals surface area contributed by atoms with E-state index in [-0.39, 0.29) is 0 Å². The van der Waals surface area contributed by atoms with E-state index in [9.17, 15) is 0 Å². The van der Waals surface area contributed by atoms with Crippen molar-refractivity contribution in [1.29, 1.82) is 0 Å². The molecule has 1 rings (SSSR count). The van der Waals surface area contributed by atoms with Crippen LogP contribution >= 0.6 is 0 Å². The van der Waals surface area contributed by atoms with Gasteiger partial charge < -0.3 is 10.5 Å². The van der Waals surface area contributed by atoms with Crippen molar-refractivity contribution >= 4 is 5.90 Å². The molecular formula is C6H12N2O. The first-order valence-electron chi connectivity index (χ1n) is 3.26. The Balaban J connectivity index is 2.40. The summed E-state index contributed by atoms with van der Waals surface area (Å²) in [7, 11) is 0. The molecule has 1 unspecified atom stereocenters. The highest BCUT2D eigenvalue weighted by Gasteiger charge is 2.14. The summed E-state index contributed by atoms with van der Waals surface area (Å²) >= 11 is 0. The molecule has 1 heterocycles. The first-order valence-corrected chi connectivity index (χ1v) is 3.26. The first kappa shape index (κ1) is 6.55. The van der Waals surface area contributed by atoms with Crippen molar-refractivity contribution in [2.75, 3.05) is 13.2 Å². The van der Waals surface area contributed by atoms with Gasteiger partial charge in [0.15, 0.2) is 5.90 Å². The zero-order chi connectivity index (χ0) is 6.69. The van der Waals surface area contributed by atoms with Gasteiger partial charge in [-0.25, -0.2) is 4.99 Å². The van der Waals surface area contributed by atoms with Gasteiger partial charge in [-0.2, -0.15) is 0 Å². The van der Waals surface area contributed by atoms with Crippen molar-refractivity contribution < 1.29 is 4.74 Å². The molecule has 2 N–H and O–H groups in total. The van der Waals surface area contributed by atoms with Crippen LogP contribution in [-0.4, -0.2) is 25.1 Å². The maximum atomic E-state index is 5.29. The van der Waals surface area contributed by atoms with E-state index in [1.165, 1.54) is 0 Å². The van der Waals surface area contributed by atoms with Crippen molar-refractivity contribution in [3.63, 3.8) is 0 Å². The Kier molecular flexibility index (Phi) is 2.05. The molecule has 0 saturated heterocycles. The van der Waals surface area contributed by atoms with Gasteiger partial charge >= 0.3 is 0 Å². The molecule has 1 aliphatic heterocycles. The zero-order valence-corrected chi connectivity index (χ0v) is 5.63. The summed E-state index contributed by atoms with van der Waals surface area (Å²) in [5, 5.41) is 0. The Hall–Kier alpha value is -0.570. The molecule has 0 spiro atoms. The molecule has 0 aromatic heterocycles. The van der Waals surface area contributed by atoms with Gasteiger partial charge in [0.1, 0.15) is 6.61 Å². The summed E-state index contributed by atoms with van der Waals surface area (Å²) in [4.78, 5) is 4.19. The van der Waals surface area contributed by atoms with Gasteiger partial charge in [-0.3, -0.25) is 0 Å². The van der Waals surface area contributed by atoms with Crippen LogP contribution < -0.4 is 5.73 Å². The average Bonchev–Trinajstić information content (AvgIpc) is 2.34. The zero-order valence-electron chi connectivity index (χ0n) is 5.63. The van der Waals surface area contributed by atoms with Crippen molar-refractivity contribution in [3.05, 3.63) is 0 Å². The van der Waals surface area contributed by atoms with Gasteiger partial charge in [0, 0.05) is 0 Å². The summed E-state index contributed by atoms with van der Waals surface area (Å²) in [6.45, 7) is 3.26. The minimum Gasteiger partial charge on any atom is -0.478 e. The van der Waals surface area contributed by atoms with E-state index < -0.39 is 0 Å². The normalized spacial score (nSPS) is 25.6. The Morgan fingerprint density at radius 2 is 2.67 bits per heavy atom. The lowest BCUT2D eigenvalue weighted by Gasteiger charge is -1.96. The third-order valence-electron chi connectivity index (χ3n) is 1.41. The van der Waals surface area contributed by atoms with Crippen LogP contribution in [-0.2, 0) is 4.74 Å². The second-order valence-electron chi connectivity index (χ2n) is 2.10. The minimum atomic E-state index is 0.364. The summed E-state index contributed by atoms with van der Waals surface area (Å²) in [6.07, 6.45) is 1.05. The molecule has 3 nitrogen and oxygen atoms in total. The van der Waals surface area contributed by atoms with Crippen molar-refractivity contribution in [1.82, 2.24) is 0 Å². The molecule has 1 atom stereocenters. The van der Waals surface area contributed by atoms with Crippen molar-refractivity contribution in [3.8, 4) is 0 Å². The highest BCUT2D eigenvalue weighted by Crippen LogP contribution is 2.06. The number of rotatable bonds is 2. The van der Waals surface area contributed by atoms with Crippen molar-refractivity contribution in [2.45, 2.75) is 19.4 Å². The van der Waals surface area contributed by atoms with E-state index in [4.69, 9.17) is 10.5 Å². The molecule has 9 heavy (non-hydrogen) atoms. The SMILES string of the molecule is CCC1COC(CN)=N1. The summed E-state index contributed by atoms with van der Waals surface area (Å²) in [5.74, 6) is 0.710. The predicted molar refractivity (Wildman–Crippen MR) is 36.5 cm³/mol. The minimum absolute atomic E-state index is 0.364. The molecule has 0 saturated carbocycles. The number of aliphatic imine (C=N–C) groups is 1. The van der Waals surface area contributed by atoms with E-state index in [0.717, 1.165) is 13.0 Å². The maximum absolute atomic E-state index is 5.29. The summed E-state index contributed by atoms with van der Waals surface area (Å²) in [6, 6.07) is 0.364. The topological polar surface area (TPSA) is 47.6 Å². The fraction of sp³-hybridized carbons (Fsp3) is 0.833. The van der Waals surface area contributed by atoms with Gasteiger partial charge in [-0.05, 0) is 6.42 Å². The summed E-state index contributed by atoms with van der Waals surface area (Å²) < 4.78 is 5.13. The van der Waals surface area contributed by atoms with Crippen LogP contribution in [0.4, 0.5) is 0 Å². The van der Waals surface area contributed by atoms with E-state index in [0.29, 0.717) is 18.5 Å². The van der Waals surface area contributed by atoms with Crippen LogP contribution in [0, 0.1) is 0 Å². The Morgan fingerprint density at radius 1 is 1.89 bits per heavy atom. The van der Waals surface area contributed by atoms with Gasteiger partial charge in [0.2, 0.25) is 0 Å². The standard InChI is InChI=1S/C6H12N2O/c1-2-5-4-9-6(3-7)8-5/h5H,2-4,7H2,1H3. The molecular weight excluding hydrogens is 116 g/mol. The van der Waals surface area contributed by atoms with Gasteiger partial charge in [-0.15, -0.1) is 0 Å². The average molecular weight is 128 g/mol. The fourth-order valence-corrected chi connectivity index (χ4v) is 0.791. The van der Waals surface area contributed by atoms with E-state index in [2.05, 4.69) is 11.9 Å². The quantitative estimate of drug-likeness (QED) is 0.575. The Bertz CT molecular complexity index is 122. The lowest BCUT2D eigenvalue weighted by Crippen LogP contribution is -2.13. The molecule has 1 aliphatic rings. The number of nitrogens with zero attached hydrogens (tertiary/aromatic N) is 1. The van der Waals surface area contributed by atoms with E-state index in [1.807, 2.05) is 0 Å². The Morgan fingerprint density at radius 3 is 3.00 bits per heavy atom. The molecule has 0 bridgehead atoms. The van der Waals surface area contributed by atoms with Crippen LogP contribution in [0.2, 0.25) is 0 Å². The molecule has 0 fully saturated rings. The molecule has 52 valence electrons. The molecule has 3 heteroatoms. The number of hydrogen-bond acceptors (Lipinski definition) is 3. The third kappa shape index (κ3) is 1.42.